The molecule has 0 aromatic heterocycles. The Labute approximate surface area is 302 Å². The van der Waals surface area contributed by atoms with Gasteiger partial charge >= 0.3 is 0 Å². The maximum absolute atomic E-state index is 14.1. The van der Waals surface area contributed by atoms with Crippen molar-refractivity contribution in [1.82, 2.24) is 25.8 Å². The number of methoxy groups -OCH3 is 2. The molecular formula is C39H69N5O6. The van der Waals surface area contributed by atoms with Crippen molar-refractivity contribution in [3.05, 3.63) is 35.9 Å². The van der Waals surface area contributed by atoms with Crippen molar-refractivity contribution in [2.45, 2.75) is 130 Å². The average molecular weight is 704 g/mol. The summed E-state index contributed by atoms with van der Waals surface area (Å²) < 4.78 is 12.1. The monoisotopic (exact) mass is 704 g/mol. The number of hydrogen-bond donors (Lipinski definition) is 4. The summed E-state index contributed by atoms with van der Waals surface area (Å²) in [6.07, 6.45) is 1.23. The standard InChI is InChI=1S/C39H69N5O6/c1-13-26(6)35(43(10)39(48)34(25(4)5)42-38(47)33(40-9)24(2)3)31(49-11)22-32(45)44-21-17-20-30(44)37(50-12)27(7)23-41-28(8)36(46)29-18-15-14-16-19-29/h14-16,18-19,24-28,30-31,33-37,40-41,46H,13,17,20-23H2,1-12H3,(H,42,47)/t26-,27-,28+,30-,31+,33-,34-,35-,36+,37+/m0/s1. The van der Waals surface area contributed by atoms with Gasteiger partial charge in [0.1, 0.15) is 6.04 Å². The molecule has 0 saturated carbocycles. The van der Waals surface area contributed by atoms with E-state index < -0.39 is 24.3 Å². The third-order valence-corrected chi connectivity index (χ3v) is 10.8. The minimum atomic E-state index is -0.723. The van der Waals surface area contributed by atoms with Gasteiger partial charge in [0.15, 0.2) is 0 Å². The predicted octanol–water partition coefficient (Wildman–Crippen LogP) is 4.00. The quantitative estimate of drug-likeness (QED) is 0.151. The fraction of sp³-hybridized carbons (Fsp3) is 0.769. The van der Waals surface area contributed by atoms with Gasteiger partial charge in [-0.1, -0.05) is 85.2 Å². The first-order valence-corrected chi connectivity index (χ1v) is 18.7. The number of amides is 3. The molecule has 3 amide bonds. The number of benzene rings is 1. The van der Waals surface area contributed by atoms with E-state index in [2.05, 4.69) is 36.7 Å². The number of likely N-dealkylation sites (N-methyl/N-ethyl adjacent to an activating group) is 2. The fourth-order valence-electron chi connectivity index (χ4n) is 7.51. The predicted molar refractivity (Wildman–Crippen MR) is 199 cm³/mol. The Morgan fingerprint density at radius 2 is 1.58 bits per heavy atom. The molecule has 1 heterocycles. The molecule has 11 nitrogen and oxygen atoms in total. The van der Waals surface area contributed by atoms with Crippen LogP contribution in [0.25, 0.3) is 0 Å². The second-order valence-electron chi connectivity index (χ2n) is 15.1. The molecule has 2 rings (SSSR count). The molecule has 11 heteroatoms. The molecule has 1 aromatic carbocycles. The third-order valence-electron chi connectivity index (χ3n) is 10.8. The summed E-state index contributed by atoms with van der Waals surface area (Å²) in [5.41, 5.74) is 0.866. The molecule has 0 unspecified atom stereocenters. The van der Waals surface area contributed by atoms with E-state index in [1.165, 1.54) is 0 Å². The summed E-state index contributed by atoms with van der Waals surface area (Å²) in [5, 5.41) is 20.4. The Bertz CT molecular complexity index is 1170. The number of nitrogens with one attached hydrogen (secondary N) is 3. The smallest absolute Gasteiger partial charge is 0.245 e. The van der Waals surface area contributed by atoms with Crippen LogP contribution in [-0.4, -0.2) is 116 Å². The van der Waals surface area contributed by atoms with Crippen molar-refractivity contribution in [2.75, 3.05) is 41.4 Å². The number of carbonyl (C=O) groups is 3. The highest BCUT2D eigenvalue weighted by molar-refractivity contribution is 5.90. The number of carbonyl (C=O) groups excluding carboxylic acids is 3. The normalized spacial score (nSPS) is 20.5. The van der Waals surface area contributed by atoms with Crippen molar-refractivity contribution >= 4 is 17.7 Å². The zero-order valence-electron chi connectivity index (χ0n) is 32.9. The van der Waals surface area contributed by atoms with Gasteiger partial charge in [-0.15, -0.1) is 0 Å². The highest BCUT2D eigenvalue weighted by Gasteiger charge is 2.42. The van der Waals surface area contributed by atoms with Crippen LogP contribution in [-0.2, 0) is 23.9 Å². The van der Waals surface area contributed by atoms with Crippen LogP contribution in [0.1, 0.15) is 92.7 Å². The van der Waals surface area contributed by atoms with Crippen LogP contribution < -0.4 is 16.0 Å². The molecule has 0 bridgehead atoms. The molecule has 0 spiro atoms. The highest BCUT2D eigenvalue weighted by atomic mass is 16.5. The topological polar surface area (TPSA) is 132 Å². The lowest BCUT2D eigenvalue weighted by molar-refractivity contribution is -0.147. The van der Waals surface area contributed by atoms with Crippen LogP contribution in [0.5, 0.6) is 0 Å². The average Bonchev–Trinajstić information content (AvgIpc) is 3.58. The number of rotatable bonds is 21. The summed E-state index contributed by atoms with van der Waals surface area (Å²) in [6, 6.07) is 7.83. The van der Waals surface area contributed by atoms with Crippen LogP contribution in [0.4, 0.5) is 0 Å². The first kappa shape index (κ1) is 43.6. The van der Waals surface area contributed by atoms with Crippen molar-refractivity contribution in [1.29, 1.82) is 0 Å². The lowest BCUT2D eigenvalue weighted by Gasteiger charge is -2.41. The van der Waals surface area contributed by atoms with Crippen molar-refractivity contribution in [3.63, 3.8) is 0 Å². The van der Waals surface area contributed by atoms with Gasteiger partial charge in [0.05, 0.1) is 42.9 Å². The van der Waals surface area contributed by atoms with E-state index in [0.29, 0.717) is 13.1 Å². The molecule has 1 aliphatic rings. The number of likely N-dealkylation sites (tertiary alicyclic amines) is 1. The highest BCUT2D eigenvalue weighted by Crippen LogP contribution is 2.29. The van der Waals surface area contributed by atoms with Crippen LogP contribution in [0.3, 0.4) is 0 Å². The molecule has 0 aliphatic carbocycles. The summed E-state index contributed by atoms with van der Waals surface area (Å²) in [6.45, 7) is 17.3. The molecule has 1 aromatic rings. The molecule has 1 aliphatic heterocycles. The molecule has 10 atom stereocenters. The number of nitrogens with zero attached hydrogens (tertiary/aromatic N) is 2. The van der Waals surface area contributed by atoms with E-state index in [1.807, 2.05) is 69.9 Å². The van der Waals surface area contributed by atoms with Crippen molar-refractivity contribution in [3.8, 4) is 0 Å². The van der Waals surface area contributed by atoms with Gasteiger partial charge in [0.25, 0.3) is 0 Å². The number of ether oxygens (including phenoxy) is 2. The largest absolute Gasteiger partial charge is 0.387 e. The molecule has 4 N–H and O–H groups in total. The van der Waals surface area contributed by atoms with E-state index in [1.54, 1.807) is 33.2 Å². The molecule has 1 fully saturated rings. The Morgan fingerprint density at radius 1 is 0.960 bits per heavy atom. The second kappa shape index (κ2) is 21.1. The zero-order chi connectivity index (χ0) is 37.7. The summed E-state index contributed by atoms with van der Waals surface area (Å²) in [7, 11) is 6.81. The first-order valence-electron chi connectivity index (χ1n) is 18.7. The number of hydrogen-bond acceptors (Lipinski definition) is 8. The minimum absolute atomic E-state index is 0.0221. The van der Waals surface area contributed by atoms with Gasteiger partial charge < -0.3 is 40.3 Å². The Balaban J connectivity index is 2.20. The van der Waals surface area contributed by atoms with Gasteiger partial charge in [0, 0.05) is 40.4 Å². The van der Waals surface area contributed by atoms with Crippen LogP contribution in [0.2, 0.25) is 0 Å². The van der Waals surface area contributed by atoms with Crippen LogP contribution in [0.15, 0.2) is 30.3 Å². The fourth-order valence-corrected chi connectivity index (χ4v) is 7.51. The van der Waals surface area contributed by atoms with Crippen molar-refractivity contribution in [2.24, 2.45) is 23.7 Å². The SMILES string of the molecule is CC[C@H](C)[C@@H]([C@@H](CC(=O)N1CCC[C@H]1[C@H](OC)[C@@H](C)CN[C@H](C)[C@@H](O)c1ccccc1)OC)N(C)C(=O)[C@@H](NC(=O)[C@@H](NC)C(C)C)C(C)C. The second-order valence-corrected chi connectivity index (χ2v) is 15.1. The Kier molecular flexibility index (Phi) is 18.4. The summed E-state index contributed by atoms with van der Waals surface area (Å²) in [5.74, 6) is -0.410. The lowest BCUT2D eigenvalue weighted by atomic mass is 9.89. The van der Waals surface area contributed by atoms with E-state index in [-0.39, 0.29) is 72.0 Å². The molecule has 50 heavy (non-hydrogen) atoms. The molecule has 0 radical (unpaired) electrons. The van der Waals surface area contributed by atoms with Crippen molar-refractivity contribution < 1.29 is 29.0 Å². The van der Waals surface area contributed by atoms with Crippen LogP contribution >= 0.6 is 0 Å². The molecule has 1 saturated heterocycles. The van der Waals surface area contributed by atoms with Gasteiger partial charge in [-0.3, -0.25) is 14.4 Å². The lowest BCUT2D eigenvalue weighted by Crippen LogP contribution is -2.59. The Morgan fingerprint density at radius 3 is 2.10 bits per heavy atom. The zero-order valence-corrected chi connectivity index (χ0v) is 32.9. The van der Waals surface area contributed by atoms with Crippen LogP contribution in [0, 0.1) is 23.7 Å². The maximum Gasteiger partial charge on any atom is 0.245 e. The van der Waals surface area contributed by atoms with Gasteiger partial charge in [-0.2, -0.15) is 0 Å². The number of aliphatic hydroxyl groups is 1. The van der Waals surface area contributed by atoms with E-state index in [0.717, 1.165) is 24.8 Å². The Hall–Kier alpha value is -2.57. The third kappa shape index (κ3) is 11.5. The molecular weight excluding hydrogens is 634 g/mol. The van der Waals surface area contributed by atoms with Gasteiger partial charge in [-0.05, 0) is 56.0 Å². The van der Waals surface area contributed by atoms with Gasteiger partial charge in [0.2, 0.25) is 17.7 Å². The van der Waals surface area contributed by atoms with E-state index >= 15 is 0 Å². The maximum atomic E-state index is 14.1. The molecule has 286 valence electrons. The van der Waals surface area contributed by atoms with Gasteiger partial charge in [-0.25, -0.2) is 0 Å². The first-order chi connectivity index (χ1) is 23.6. The summed E-state index contributed by atoms with van der Waals surface area (Å²) >= 11 is 0. The number of aliphatic hydroxyl groups excluding tert-OH is 1. The minimum Gasteiger partial charge on any atom is -0.387 e. The van der Waals surface area contributed by atoms with E-state index in [4.69, 9.17) is 9.47 Å². The van der Waals surface area contributed by atoms with E-state index in [9.17, 15) is 19.5 Å². The summed E-state index contributed by atoms with van der Waals surface area (Å²) in [4.78, 5) is 45.0.